The normalized spacial score (nSPS) is 15.3. The summed E-state index contributed by atoms with van der Waals surface area (Å²) in [7, 11) is -0.301. The van der Waals surface area contributed by atoms with Gasteiger partial charge in [0.1, 0.15) is 17.2 Å². The van der Waals surface area contributed by atoms with Crippen LogP contribution in [0, 0.1) is 5.82 Å². The number of sulfonamides is 1. The minimum Gasteiger partial charge on any atom is -0.496 e. The highest BCUT2D eigenvalue weighted by molar-refractivity contribution is 8.13. The number of aromatic nitrogens is 2. The fraction of sp³-hybridized carbons (Fsp3) is 0.316. The van der Waals surface area contributed by atoms with Gasteiger partial charge >= 0.3 is 0 Å². The highest BCUT2D eigenvalue weighted by atomic mass is 35.7. The predicted octanol–water partition coefficient (Wildman–Crippen LogP) is 2.92. The van der Waals surface area contributed by atoms with E-state index in [0.717, 1.165) is 22.9 Å². The molecule has 12 heteroatoms. The molecule has 1 aliphatic rings. The van der Waals surface area contributed by atoms with E-state index >= 15 is 0 Å². The fourth-order valence-corrected chi connectivity index (χ4v) is 4.20. The maximum atomic E-state index is 13.8. The summed E-state index contributed by atoms with van der Waals surface area (Å²) in [4.78, 5) is 7.62. The van der Waals surface area contributed by atoms with Crippen LogP contribution in [0.4, 0.5) is 4.39 Å². The van der Waals surface area contributed by atoms with E-state index in [4.69, 9.17) is 4.74 Å². The third-order valence-corrected chi connectivity index (χ3v) is 6.00. The number of H-pyrrole nitrogens is 1. The molecule has 0 aliphatic carbocycles. The number of rotatable bonds is 4. The van der Waals surface area contributed by atoms with Gasteiger partial charge in [0.2, 0.25) is 19.1 Å². The third-order valence-electron chi connectivity index (χ3n) is 4.76. The smallest absolute Gasteiger partial charge is 0.229 e. The van der Waals surface area contributed by atoms with Gasteiger partial charge in [-0.1, -0.05) is 0 Å². The van der Waals surface area contributed by atoms with Gasteiger partial charge in [-0.3, -0.25) is 0 Å². The second-order valence-electron chi connectivity index (χ2n) is 7.15. The number of fused-ring (bicyclic) bond motifs is 1. The average Bonchev–Trinajstić information content (AvgIpc) is 3.01. The summed E-state index contributed by atoms with van der Waals surface area (Å²) < 4.78 is 62.5. The Balaban J connectivity index is 0.000000491. The summed E-state index contributed by atoms with van der Waals surface area (Å²) in [5.41, 5.74) is 3.07. The zero-order chi connectivity index (χ0) is 23.0. The number of halogens is 2. The maximum Gasteiger partial charge on any atom is 0.229 e. The summed E-state index contributed by atoms with van der Waals surface area (Å²) in [6.45, 7) is 0.897. The molecule has 4 rings (SSSR count). The molecule has 0 atom stereocenters. The number of hydrogen-bond donors (Lipinski definition) is 1. The molecule has 1 saturated heterocycles. The Labute approximate surface area is 184 Å². The summed E-state index contributed by atoms with van der Waals surface area (Å²) in [5, 5.41) is 0.851. The lowest BCUT2D eigenvalue weighted by Gasteiger charge is -2.36. The van der Waals surface area contributed by atoms with Gasteiger partial charge in [0, 0.05) is 52.5 Å². The van der Waals surface area contributed by atoms with E-state index in [1.54, 1.807) is 19.4 Å². The molecule has 0 radical (unpaired) electrons. The van der Waals surface area contributed by atoms with E-state index in [9.17, 15) is 21.2 Å². The number of hydrogen-bond acceptors (Lipinski definition) is 6. The molecular weight excluding hydrogens is 469 g/mol. The SMILES string of the molecule is COc1ccc(F)cc1-c1ccnc2[nH]c(C3CN(S(C)(=O)=O)C3)cc12.CS(=O)(=O)Cl. The van der Waals surface area contributed by atoms with Gasteiger partial charge in [0.25, 0.3) is 0 Å². The Morgan fingerprint density at radius 3 is 2.35 bits per heavy atom. The van der Waals surface area contributed by atoms with Gasteiger partial charge in [0.05, 0.1) is 19.6 Å². The molecule has 1 aromatic carbocycles. The van der Waals surface area contributed by atoms with Gasteiger partial charge in [0.15, 0.2) is 0 Å². The van der Waals surface area contributed by atoms with Crippen molar-refractivity contribution in [3.05, 3.63) is 48.0 Å². The molecule has 0 unspecified atom stereocenters. The number of aromatic amines is 1. The van der Waals surface area contributed by atoms with E-state index in [1.165, 1.54) is 22.7 Å². The van der Waals surface area contributed by atoms with Crippen LogP contribution in [0.1, 0.15) is 11.6 Å². The summed E-state index contributed by atoms with van der Waals surface area (Å²) in [5.74, 6) is 0.332. The van der Waals surface area contributed by atoms with Gasteiger partial charge in [-0.25, -0.2) is 30.5 Å². The van der Waals surface area contributed by atoms with Crippen molar-refractivity contribution in [2.45, 2.75) is 5.92 Å². The molecule has 8 nitrogen and oxygen atoms in total. The Morgan fingerprint density at radius 2 is 1.77 bits per heavy atom. The Morgan fingerprint density at radius 1 is 1.13 bits per heavy atom. The summed E-state index contributed by atoms with van der Waals surface area (Å²) >= 11 is 0. The Bertz CT molecular complexity index is 1310. The van der Waals surface area contributed by atoms with Crippen molar-refractivity contribution in [1.82, 2.24) is 14.3 Å². The van der Waals surface area contributed by atoms with Crippen LogP contribution in [-0.4, -0.2) is 63.8 Å². The first-order valence-corrected chi connectivity index (χ1v) is 13.6. The van der Waals surface area contributed by atoms with Crippen molar-refractivity contribution in [2.75, 3.05) is 32.7 Å². The van der Waals surface area contributed by atoms with Gasteiger partial charge in [-0.15, -0.1) is 0 Å². The van der Waals surface area contributed by atoms with E-state index in [-0.39, 0.29) is 11.7 Å². The third kappa shape index (κ3) is 5.73. The van der Waals surface area contributed by atoms with Crippen LogP contribution in [-0.2, 0) is 19.1 Å². The standard InChI is InChI=1S/C18H18FN3O3S.CH3ClO2S/c1-25-17-4-3-12(19)7-14(17)13-5-6-20-18-15(13)8-16(21-18)11-9-22(10-11)26(2,23)24;1-5(2,3)4/h3-8,11H,9-10H2,1-2H3,(H,20,21);1H3. The lowest BCUT2D eigenvalue weighted by Crippen LogP contribution is -2.47. The lowest BCUT2D eigenvalue weighted by molar-refractivity contribution is 0.263. The molecule has 1 fully saturated rings. The van der Waals surface area contributed by atoms with Gasteiger partial charge in [-0.2, -0.15) is 0 Å². The quantitative estimate of drug-likeness (QED) is 0.564. The van der Waals surface area contributed by atoms with E-state index < -0.39 is 19.1 Å². The van der Waals surface area contributed by atoms with Crippen molar-refractivity contribution in [3.8, 4) is 16.9 Å². The molecule has 0 amide bonds. The topological polar surface area (TPSA) is 109 Å². The number of ether oxygens (including phenoxy) is 1. The molecule has 0 saturated carbocycles. The van der Waals surface area contributed by atoms with E-state index in [2.05, 4.69) is 20.7 Å². The van der Waals surface area contributed by atoms with Crippen molar-refractivity contribution in [3.63, 3.8) is 0 Å². The molecule has 0 spiro atoms. The highest BCUT2D eigenvalue weighted by Crippen LogP contribution is 2.37. The zero-order valence-electron chi connectivity index (χ0n) is 17.0. The van der Waals surface area contributed by atoms with E-state index in [1.807, 2.05) is 12.1 Å². The molecule has 3 heterocycles. The van der Waals surface area contributed by atoms with Gasteiger partial charge < -0.3 is 9.72 Å². The highest BCUT2D eigenvalue weighted by Gasteiger charge is 2.35. The second kappa shape index (κ2) is 8.73. The fourth-order valence-electron chi connectivity index (χ4n) is 3.30. The summed E-state index contributed by atoms with van der Waals surface area (Å²) in [6, 6.07) is 8.18. The number of methoxy groups -OCH3 is 1. The second-order valence-corrected chi connectivity index (χ2v) is 12.2. The predicted molar refractivity (Wildman–Crippen MR) is 118 cm³/mol. The molecule has 0 bridgehead atoms. The van der Waals surface area contributed by atoms with E-state index in [0.29, 0.717) is 30.0 Å². The minimum atomic E-state index is -3.19. The van der Waals surface area contributed by atoms with Crippen molar-refractivity contribution in [1.29, 1.82) is 0 Å². The first-order valence-electron chi connectivity index (χ1n) is 9.03. The molecular formula is C19H21ClFN3O5S2. The van der Waals surface area contributed by atoms with Crippen LogP contribution in [0.5, 0.6) is 5.75 Å². The van der Waals surface area contributed by atoms with Crippen molar-refractivity contribution < 1.29 is 26.0 Å². The first-order chi connectivity index (χ1) is 14.4. The number of benzene rings is 1. The van der Waals surface area contributed by atoms with Crippen LogP contribution < -0.4 is 4.74 Å². The van der Waals surface area contributed by atoms with Crippen LogP contribution >= 0.6 is 10.7 Å². The first kappa shape index (κ1) is 23.5. The monoisotopic (exact) mass is 489 g/mol. The average molecular weight is 490 g/mol. The Kier molecular flexibility index (Phi) is 6.61. The molecule has 31 heavy (non-hydrogen) atoms. The maximum absolute atomic E-state index is 13.8. The number of pyridine rings is 1. The molecule has 3 aromatic rings. The Hall–Kier alpha value is -2.21. The van der Waals surface area contributed by atoms with Gasteiger partial charge in [-0.05, 0) is 35.9 Å². The number of nitrogens with one attached hydrogen (secondary N) is 1. The van der Waals surface area contributed by atoms with Crippen LogP contribution in [0.15, 0.2) is 36.5 Å². The molecule has 1 N–H and O–H groups in total. The zero-order valence-corrected chi connectivity index (χ0v) is 19.4. The number of nitrogens with zero attached hydrogens (tertiary/aromatic N) is 2. The van der Waals surface area contributed by atoms with Crippen molar-refractivity contribution >= 4 is 40.8 Å². The lowest BCUT2D eigenvalue weighted by atomic mass is 9.98. The summed E-state index contributed by atoms with van der Waals surface area (Å²) in [6.07, 6.45) is 3.80. The van der Waals surface area contributed by atoms with Crippen molar-refractivity contribution in [2.24, 2.45) is 0 Å². The van der Waals surface area contributed by atoms with Crippen LogP contribution in [0.25, 0.3) is 22.2 Å². The largest absolute Gasteiger partial charge is 0.496 e. The van der Waals surface area contributed by atoms with Crippen LogP contribution in [0.2, 0.25) is 0 Å². The molecule has 168 valence electrons. The minimum absolute atomic E-state index is 0.0983. The molecule has 2 aromatic heterocycles. The van der Waals surface area contributed by atoms with Crippen LogP contribution in [0.3, 0.4) is 0 Å². The molecule has 1 aliphatic heterocycles.